The minimum Gasteiger partial charge on any atom is -0.469 e. The number of hydrogen-bond acceptors (Lipinski definition) is 5. The summed E-state index contributed by atoms with van der Waals surface area (Å²) < 4.78 is 10.4. The molecule has 7 nitrogen and oxygen atoms in total. The van der Waals surface area contributed by atoms with Gasteiger partial charge in [0.2, 0.25) is 0 Å². The minimum atomic E-state index is -0.559. The first kappa shape index (κ1) is 24.8. The number of aliphatic hydroxyl groups excluding tert-OH is 1. The van der Waals surface area contributed by atoms with E-state index >= 15 is 0 Å². The van der Waals surface area contributed by atoms with Crippen molar-refractivity contribution in [3.63, 3.8) is 0 Å². The number of nitrogens with one attached hydrogen (secondary N) is 2. The fourth-order valence-corrected chi connectivity index (χ4v) is 5.30. The molecule has 0 saturated heterocycles. The molecule has 0 aliphatic heterocycles. The number of rotatable bonds is 8. The largest absolute Gasteiger partial charge is 0.469 e. The van der Waals surface area contributed by atoms with Gasteiger partial charge < -0.3 is 24.9 Å². The Bertz CT molecular complexity index is 1140. The third kappa shape index (κ3) is 5.68. The molecule has 1 aliphatic carbocycles. The van der Waals surface area contributed by atoms with Crippen LogP contribution in [-0.2, 0) is 27.3 Å². The summed E-state index contributed by atoms with van der Waals surface area (Å²) in [5.74, 6) is -0.669. The number of ether oxygens (including phenoxy) is 2. The van der Waals surface area contributed by atoms with Gasteiger partial charge in [0.05, 0.1) is 19.1 Å². The van der Waals surface area contributed by atoms with Gasteiger partial charge in [0.15, 0.2) is 0 Å². The van der Waals surface area contributed by atoms with Gasteiger partial charge in [-0.1, -0.05) is 61.9 Å². The molecule has 1 aromatic heterocycles. The molecule has 35 heavy (non-hydrogen) atoms. The van der Waals surface area contributed by atoms with Gasteiger partial charge in [-0.2, -0.15) is 0 Å². The first-order valence-corrected chi connectivity index (χ1v) is 12.3. The van der Waals surface area contributed by atoms with E-state index < -0.39 is 12.2 Å². The molecule has 7 heteroatoms. The Morgan fingerprint density at radius 1 is 1.09 bits per heavy atom. The summed E-state index contributed by atoms with van der Waals surface area (Å²) in [4.78, 5) is 28.2. The molecule has 0 bridgehead atoms. The molecule has 1 heterocycles. The molecule has 3 N–H and O–H groups in total. The highest BCUT2D eigenvalue weighted by molar-refractivity contribution is 5.85. The number of para-hydroxylation sites is 1. The van der Waals surface area contributed by atoms with Crippen LogP contribution in [0.2, 0.25) is 0 Å². The van der Waals surface area contributed by atoms with Crippen LogP contribution in [0.3, 0.4) is 0 Å². The maximum atomic E-state index is 12.4. The molecule has 1 saturated carbocycles. The summed E-state index contributed by atoms with van der Waals surface area (Å²) >= 11 is 0. The Kier molecular flexibility index (Phi) is 8.08. The van der Waals surface area contributed by atoms with Crippen LogP contribution >= 0.6 is 0 Å². The Morgan fingerprint density at radius 2 is 1.83 bits per heavy atom. The molecule has 0 unspecified atom stereocenters. The van der Waals surface area contributed by atoms with Crippen molar-refractivity contribution >= 4 is 23.0 Å². The number of carbonyl (C=O) groups excluding carboxylic acids is 2. The molecule has 0 radical (unpaired) electrons. The number of alkyl carbamates (subject to hydrolysis) is 1. The highest BCUT2D eigenvalue weighted by Gasteiger charge is 2.41. The highest BCUT2D eigenvalue weighted by atomic mass is 16.5. The number of methoxy groups -OCH3 is 1. The van der Waals surface area contributed by atoms with Crippen molar-refractivity contribution in [3.8, 4) is 0 Å². The Labute approximate surface area is 205 Å². The Hall–Kier alpha value is -3.32. The maximum Gasteiger partial charge on any atom is 0.407 e. The van der Waals surface area contributed by atoms with E-state index in [1.807, 2.05) is 61.5 Å². The minimum absolute atomic E-state index is 0.0169. The average Bonchev–Trinajstić information content (AvgIpc) is 3.26. The monoisotopic (exact) mass is 478 g/mol. The molecule has 4 atom stereocenters. The zero-order valence-electron chi connectivity index (χ0n) is 20.3. The van der Waals surface area contributed by atoms with E-state index in [-0.39, 0.29) is 30.3 Å². The summed E-state index contributed by atoms with van der Waals surface area (Å²) in [6.07, 6.45) is 1.49. The lowest BCUT2D eigenvalue weighted by atomic mass is 9.70. The quantitative estimate of drug-likeness (QED) is 0.408. The number of hydrogen-bond donors (Lipinski definition) is 3. The van der Waals surface area contributed by atoms with Crippen molar-refractivity contribution in [1.82, 2.24) is 10.3 Å². The lowest BCUT2D eigenvalue weighted by Crippen LogP contribution is -2.39. The van der Waals surface area contributed by atoms with Crippen molar-refractivity contribution in [3.05, 3.63) is 71.4 Å². The lowest BCUT2D eigenvalue weighted by molar-refractivity contribution is -0.149. The van der Waals surface area contributed by atoms with Crippen LogP contribution in [0.1, 0.15) is 48.9 Å². The van der Waals surface area contributed by atoms with Gasteiger partial charge in [-0.3, -0.25) is 4.79 Å². The Balaban J connectivity index is 1.50. The number of aromatic nitrogens is 1. The van der Waals surface area contributed by atoms with E-state index in [1.165, 1.54) is 7.11 Å². The van der Waals surface area contributed by atoms with Gasteiger partial charge in [0, 0.05) is 29.1 Å². The van der Waals surface area contributed by atoms with E-state index in [4.69, 9.17) is 9.47 Å². The van der Waals surface area contributed by atoms with Crippen molar-refractivity contribution in [2.45, 2.75) is 51.2 Å². The number of esters is 1. The second-order valence-corrected chi connectivity index (χ2v) is 9.26. The predicted molar refractivity (Wildman–Crippen MR) is 134 cm³/mol. The third-order valence-electron chi connectivity index (χ3n) is 7.15. The number of aliphatic hydroxyl groups is 1. The zero-order chi connectivity index (χ0) is 24.8. The number of carbonyl (C=O) groups is 2. The fraction of sp³-hybridized carbons (Fsp3) is 0.429. The second-order valence-electron chi connectivity index (χ2n) is 9.26. The molecule has 1 fully saturated rings. The van der Waals surface area contributed by atoms with E-state index in [0.717, 1.165) is 34.1 Å². The van der Waals surface area contributed by atoms with Gasteiger partial charge in [0.1, 0.15) is 6.61 Å². The molecular weight excluding hydrogens is 444 g/mol. The van der Waals surface area contributed by atoms with E-state index in [1.54, 1.807) is 0 Å². The molecule has 1 aliphatic rings. The summed E-state index contributed by atoms with van der Waals surface area (Å²) in [5, 5.41) is 15.1. The van der Waals surface area contributed by atoms with E-state index in [2.05, 4.69) is 10.3 Å². The number of H-pyrrole nitrogens is 1. The van der Waals surface area contributed by atoms with Gasteiger partial charge in [-0.15, -0.1) is 0 Å². The Morgan fingerprint density at radius 3 is 2.57 bits per heavy atom. The standard InChI is InChI=1S/C28H34N2O5/c1-3-19-15-20(27(32)34-2)16-23(26(19)31)25-22(21-11-7-8-12-24(21)30-25)13-14-29-28(33)35-17-18-9-5-4-6-10-18/h4-12,19-20,23,26,30-31H,3,13-17H2,1-2H3,(H,29,33)/t19-,20-,23-,26+/m1/s1. The van der Waals surface area contributed by atoms with Gasteiger partial charge in [0.25, 0.3) is 0 Å². The molecule has 2 aromatic carbocycles. The summed E-state index contributed by atoms with van der Waals surface area (Å²) in [5.41, 5.74) is 3.89. The van der Waals surface area contributed by atoms with Crippen LogP contribution < -0.4 is 5.32 Å². The number of benzene rings is 2. The van der Waals surface area contributed by atoms with Crippen LogP contribution in [0.25, 0.3) is 10.9 Å². The van der Waals surface area contributed by atoms with Gasteiger partial charge in [-0.05, 0) is 42.4 Å². The summed E-state index contributed by atoms with van der Waals surface area (Å²) in [6.45, 7) is 2.65. The first-order chi connectivity index (χ1) is 17.0. The topological polar surface area (TPSA) is 101 Å². The number of fused-ring (bicyclic) bond motifs is 1. The van der Waals surface area contributed by atoms with Crippen LogP contribution in [0, 0.1) is 11.8 Å². The average molecular weight is 479 g/mol. The van der Waals surface area contributed by atoms with Gasteiger partial charge >= 0.3 is 12.1 Å². The molecule has 186 valence electrons. The predicted octanol–water partition coefficient (Wildman–Crippen LogP) is 4.69. The summed E-state index contributed by atoms with van der Waals surface area (Å²) in [6, 6.07) is 17.5. The zero-order valence-corrected chi connectivity index (χ0v) is 20.3. The van der Waals surface area contributed by atoms with Crippen molar-refractivity contribution in [2.24, 2.45) is 11.8 Å². The summed E-state index contributed by atoms with van der Waals surface area (Å²) in [7, 11) is 1.42. The smallest absolute Gasteiger partial charge is 0.407 e. The van der Waals surface area contributed by atoms with Crippen LogP contribution in [0.5, 0.6) is 0 Å². The molecule has 1 amide bonds. The second kappa shape index (κ2) is 11.4. The SMILES string of the molecule is CC[C@@H]1C[C@@H](C(=O)OC)C[C@H](c2[nH]c3ccccc3c2CCNC(=O)OCc2ccccc2)[C@H]1O. The lowest BCUT2D eigenvalue weighted by Gasteiger charge is -2.38. The molecule has 3 aromatic rings. The van der Waals surface area contributed by atoms with Gasteiger partial charge in [-0.25, -0.2) is 4.79 Å². The third-order valence-corrected chi connectivity index (χ3v) is 7.15. The number of amides is 1. The van der Waals surface area contributed by atoms with Crippen LogP contribution in [0.15, 0.2) is 54.6 Å². The van der Waals surface area contributed by atoms with Crippen molar-refractivity contribution in [2.75, 3.05) is 13.7 Å². The maximum absolute atomic E-state index is 12.4. The molecular formula is C28H34N2O5. The molecule has 4 rings (SSSR count). The normalized spacial score (nSPS) is 22.0. The fourth-order valence-electron chi connectivity index (χ4n) is 5.30. The van der Waals surface area contributed by atoms with Crippen molar-refractivity contribution in [1.29, 1.82) is 0 Å². The number of aromatic amines is 1. The van der Waals surface area contributed by atoms with Crippen molar-refractivity contribution < 1.29 is 24.2 Å². The highest BCUT2D eigenvalue weighted by Crippen LogP contribution is 2.43. The van der Waals surface area contributed by atoms with E-state index in [0.29, 0.717) is 25.8 Å². The van der Waals surface area contributed by atoms with Crippen LogP contribution in [0.4, 0.5) is 4.79 Å². The van der Waals surface area contributed by atoms with E-state index in [9.17, 15) is 14.7 Å². The van der Waals surface area contributed by atoms with Crippen LogP contribution in [-0.4, -0.2) is 41.9 Å². The molecule has 0 spiro atoms. The first-order valence-electron chi connectivity index (χ1n) is 12.3.